The normalized spacial score (nSPS) is 18.7. The number of rotatable bonds is 2. The molecule has 1 aliphatic rings. The number of aryl methyl sites for hydroxylation is 1. The summed E-state index contributed by atoms with van der Waals surface area (Å²) in [6.45, 7) is 6.33. The van der Waals surface area contributed by atoms with Crippen LogP contribution in [0.2, 0.25) is 0 Å². The maximum Gasteiger partial charge on any atom is 0.122 e. The van der Waals surface area contributed by atoms with Crippen molar-refractivity contribution >= 4 is 0 Å². The number of hydrogen-bond acceptors (Lipinski definition) is 2. The van der Waals surface area contributed by atoms with E-state index in [2.05, 4.69) is 44.0 Å². The van der Waals surface area contributed by atoms with Crippen LogP contribution in [-0.2, 0) is 0 Å². The van der Waals surface area contributed by atoms with E-state index < -0.39 is 0 Å². The molecule has 0 spiro atoms. The zero-order valence-electron chi connectivity index (χ0n) is 10.2. The average molecular weight is 218 g/mol. The molecule has 2 nitrogen and oxygen atoms in total. The van der Waals surface area contributed by atoms with E-state index in [9.17, 15) is 0 Å². The van der Waals surface area contributed by atoms with Crippen molar-refractivity contribution in [2.45, 2.75) is 32.8 Å². The van der Waals surface area contributed by atoms with Gasteiger partial charge in [0.15, 0.2) is 0 Å². The van der Waals surface area contributed by atoms with Gasteiger partial charge in [0.25, 0.3) is 0 Å². The maximum absolute atomic E-state index is 6.06. The molecule has 1 heterocycles. The van der Waals surface area contributed by atoms with Gasteiger partial charge < -0.3 is 9.64 Å². The molecule has 1 radical (unpaired) electrons. The summed E-state index contributed by atoms with van der Waals surface area (Å²) in [4.78, 5) is 2.11. The highest BCUT2D eigenvalue weighted by Gasteiger charge is 2.18. The van der Waals surface area contributed by atoms with Crippen LogP contribution in [0.25, 0.3) is 0 Å². The van der Waals surface area contributed by atoms with Gasteiger partial charge in [0.2, 0.25) is 0 Å². The van der Waals surface area contributed by atoms with Gasteiger partial charge in [-0.15, -0.1) is 0 Å². The molecular weight excluding hydrogens is 198 g/mol. The highest BCUT2D eigenvalue weighted by atomic mass is 16.5. The van der Waals surface area contributed by atoms with Crippen molar-refractivity contribution in [2.24, 2.45) is 0 Å². The van der Waals surface area contributed by atoms with Crippen molar-refractivity contribution in [1.29, 1.82) is 0 Å². The number of ether oxygens (including phenoxy) is 1. The van der Waals surface area contributed by atoms with Crippen molar-refractivity contribution in [2.75, 3.05) is 13.1 Å². The molecule has 1 fully saturated rings. The van der Waals surface area contributed by atoms with E-state index in [0.717, 1.165) is 31.7 Å². The lowest BCUT2D eigenvalue weighted by Gasteiger charge is -2.29. The zero-order chi connectivity index (χ0) is 11.5. The molecule has 1 aliphatic heterocycles. The summed E-state index contributed by atoms with van der Waals surface area (Å²) in [6.07, 6.45) is 2.52. The molecule has 2 heteroatoms. The van der Waals surface area contributed by atoms with Gasteiger partial charge in [0.1, 0.15) is 11.9 Å². The lowest BCUT2D eigenvalue weighted by molar-refractivity contribution is 0.121. The van der Waals surface area contributed by atoms with Gasteiger partial charge >= 0.3 is 0 Å². The summed E-state index contributed by atoms with van der Waals surface area (Å²) in [6, 6.07) is 6.26. The Balaban J connectivity index is 2.01. The quantitative estimate of drug-likeness (QED) is 0.756. The fourth-order valence-corrected chi connectivity index (χ4v) is 2.06. The van der Waals surface area contributed by atoms with Gasteiger partial charge in [-0.25, -0.2) is 0 Å². The molecule has 0 N–H and O–H groups in total. The molecule has 0 bridgehead atoms. The summed E-state index contributed by atoms with van der Waals surface area (Å²) in [7, 11) is 3.95. The third-order valence-corrected chi connectivity index (χ3v) is 3.38. The first-order chi connectivity index (χ1) is 7.66. The molecule has 0 aromatic heterocycles. The van der Waals surface area contributed by atoms with Crippen LogP contribution < -0.4 is 4.74 Å². The second kappa shape index (κ2) is 4.88. The van der Waals surface area contributed by atoms with Crippen LogP contribution in [0.1, 0.15) is 24.0 Å². The van der Waals surface area contributed by atoms with Gasteiger partial charge in [-0.3, -0.25) is 0 Å². The molecule has 1 aromatic rings. The van der Waals surface area contributed by atoms with Gasteiger partial charge in [-0.05, 0) is 43.9 Å². The minimum absolute atomic E-state index is 0.360. The molecular formula is C14H20NO. The lowest BCUT2D eigenvalue weighted by Crippen LogP contribution is -2.34. The van der Waals surface area contributed by atoms with Gasteiger partial charge in [0.05, 0.1) is 0 Å². The second-order valence-corrected chi connectivity index (χ2v) is 4.63. The Labute approximate surface area is 98.2 Å². The number of benzene rings is 1. The van der Waals surface area contributed by atoms with Crippen molar-refractivity contribution < 1.29 is 4.74 Å². The van der Waals surface area contributed by atoms with Crippen molar-refractivity contribution in [1.82, 2.24) is 4.90 Å². The van der Waals surface area contributed by atoms with Gasteiger partial charge in [-0.1, -0.05) is 12.1 Å². The SMILES string of the molecule is [CH2]N1CCC(Oc2cccc(C)c2C)CC1. The van der Waals surface area contributed by atoms with E-state index in [1.165, 1.54) is 11.1 Å². The Hall–Kier alpha value is -1.02. The molecule has 0 unspecified atom stereocenters. The highest BCUT2D eigenvalue weighted by Crippen LogP contribution is 2.24. The second-order valence-electron chi connectivity index (χ2n) is 4.63. The van der Waals surface area contributed by atoms with E-state index >= 15 is 0 Å². The summed E-state index contributed by atoms with van der Waals surface area (Å²) in [5.74, 6) is 1.04. The minimum atomic E-state index is 0.360. The van der Waals surface area contributed by atoms with Gasteiger partial charge in [-0.2, -0.15) is 0 Å². The van der Waals surface area contributed by atoms with Gasteiger partial charge in [0, 0.05) is 20.1 Å². The third-order valence-electron chi connectivity index (χ3n) is 3.38. The molecule has 16 heavy (non-hydrogen) atoms. The Morgan fingerprint density at radius 1 is 1.25 bits per heavy atom. The number of hydrogen-bond donors (Lipinski definition) is 0. The van der Waals surface area contributed by atoms with Crippen molar-refractivity contribution in [3.63, 3.8) is 0 Å². The largest absolute Gasteiger partial charge is 0.490 e. The first-order valence-electron chi connectivity index (χ1n) is 5.95. The van der Waals surface area contributed by atoms with Crippen LogP contribution >= 0.6 is 0 Å². The first kappa shape index (κ1) is 11.5. The monoisotopic (exact) mass is 218 g/mol. The predicted octanol–water partition coefficient (Wildman–Crippen LogP) is 2.94. The first-order valence-corrected chi connectivity index (χ1v) is 5.95. The molecule has 0 amide bonds. The molecule has 0 saturated carbocycles. The van der Waals surface area contributed by atoms with E-state index in [1.54, 1.807) is 0 Å². The van der Waals surface area contributed by atoms with E-state index in [0.29, 0.717) is 6.10 Å². The van der Waals surface area contributed by atoms with Crippen LogP contribution in [0.5, 0.6) is 5.75 Å². The summed E-state index contributed by atoms with van der Waals surface area (Å²) < 4.78 is 6.06. The fourth-order valence-electron chi connectivity index (χ4n) is 2.06. The minimum Gasteiger partial charge on any atom is -0.490 e. The number of piperidine rings is 1. The lowest BCUT2D eigenvalue weighted by atomic mass is 10.1. The van der Waals surface area contributed by atoms with Crippen LogP contribution in [0.15, 0.2) is 18.2 Å². The van der Waals surface area contributed by atoms with Crippen molar-refractivity contribution in [3.05, 3.63) is 36.4 Å². The fraction of sp³-hybridized carbons (Fsp3) is 0.500. The van der Waals surface area contributed by atoms with E-state index in [1.807, 2.05) is 0 Å². The Bertz CT molecular complexity index is 354. The summed E-state index contributed by atoms with van der Waals surface area (Å²) in [5, 5.41) is 0. The topological polar surface area (TPSA) is 12.5 Å². The third kappa shape index (κ3) is 2.56. The molecule has 0 atom stereocenters. The number of likely N-dealkylation sites (tertiary alicyclic amines) is 1. The average Bonchev–Trinajstić information content (AvgIpc) is 2.28. The predicted molar refractivity (Wildman–Crippen MR) is 66.5 cm³/mol. The van der Waals surface area contributed by atoms with Crippen LogP contribution in [-0.4, -0.2) is 24.1 Å². The Morgan fingerprint density at radius 3 is 2.62 bits per heavy atom. The van der Waals surface area contributed by atoms with Crippen LogP contribution in [0.4, 0.5) is 0 Å². The number of nitrogens with zero attached hydrogens (tertiary/aromatic N) is 1. The standard InChI is InChI=1S/C14H20NO/c1-11-5-4-6-14(12(11)2)16-13-7-9-15(3)10-8-13/h4-6,13H,3,7-10H2,1-2H3. The molecule has 0 aliphatic carbocycles. The van der Waals surface area contributed by atoms with E-state index in [-0.39, 0.29) is 0 Å². The Morgan fingerprint density at radius 2 is 1.94 bits per heavy atom. The Kier molecular flexibility index (Phi) is 3.49. The maximum atomic E-state index is 6.06. The molecule has 2 rings (SSSR count). The highest BCUT2D eigenvalue weighted by molar-refractivity contribution is 5.38. The van der Waals surface area contributed by atoms with Crippen LogP contribution in [0.3, 0.4) is 0 Å². The molecule has 1 aromatic carbocycles. The summed E-state index contributed by atoms with van der Waals surface area (Å²) >= 11 is 0. The smallest absolute Gasteiger partial charge is 0.122 e. The summed E-state index contributed by atoms with van der Waals surface area (Å²) in [5.41, 5.74) is 2.56. The molecule has 1 saturated heterocycles. The van der Waals surface area contributed by atoms with Crippen molar-refractivity contribution in [3.8, 4) is 5.75 Å². The zero-order valence-corrected chi connectivity index (χ0v) is 10.2. The molecule has 87 valence electrons. The van der Waals surface area contributed by atoms with E-state index in [4.69, 9.17) is 4.74 Å². The van der Waals surface area contributed by atoms with Crippen LogP contribution in [0, 0.1) is 20.9 Å².